The van der Waals surface area contributed by atoms with E-state index >= 15 is 0 Å². The molecular formula is C19H17N3O7S. The molecule has 1 aliphatic heterocycles. The molecule has 1 aliphatic rings. The van der Waals surface area contributed by atoms with Crippen LogP contribution in [0, 0.1) is 24.0 Å². The molecule has 0 saturated carbocycles. The first-order chi connectivity index (χ1) is 14.2. The van der Waals surface area contributed by atoms with Crippen LogP contribution in [0.15, 0.2) is 18.2 Å². The summed E-state index contributed by atoms with van der Waals surface area (Å²) in [6.07, 6.45) is 0. The Hall–Kier alpha value is -3.60. The Morgan fingerprint density at radius 2 is 1.93 bits per heavy atom. The third kappa shape index (κ3) is 3.54. The Morgan fingerprint density at radius 3 is 2.57 bits per heavy atom. The van der Waals surface area contributed by atoms with E-state index in [0.29, 0.717) is 10.5 Å². The van der Waals surface area contributed by atoms with E-state index in [1.807, 2.05) is 0 Å². The number of rotatable bonds is 6. The quantitative estimate of drug-likeness (QED) is 0.321. The van der Waals surface area contributed by atoms with Crippen LogP contribution in [0.3, 0.4) is 0 Å². The van der Waals surface area contributed by atoms with Crippen molar-refractivity contribution in [3.63, 3.8) is 0 Å². The number of imide groups is 1. The van der Waals surface area contributed by atoms with E-state index in [1.165, 1.54) is 23.5 Å². The van der Waals surface area contributed by atoms with Gasteiger partial charge in [-0.1, -0.05) is 6.07 Å². The molecule has 0 radical (unpaired) electrons. The fourth-order valence-electron chi connectivity index (χ4n) is 3.09. The van der Waals surface area contributed by atoms with Crippen molar-refractivity contribution in [3.8, 4) is 0 Å². The lowest BCUT2D eigenvalue weighted by Crippen LogP contribution is -2.37. The number of anilines is 1. The average molecular weight is 431 g/mol. The van der Waals surface area contributed by atoms with Gasteiger partial charge in [-0.15, -0.1) is 11.3 Å². The number of carbonyl (C=O) groups is 4. The van der Waals surface area contributed by atoms with Gasteiger partial charge in [0.1, 0.15) is 17.1 Å². The first-order valence-electron chi connectivity index (χ1n) is 8.87. The molecule has 10 nitrogen and oxygen atoms in total. The Kier molecular flexibility index (Phi) is 5.65. The molecule has 0 aliphatic carbocycles. The van der Waals surface area contributed by atoms with Gasteiger partial charge in [-0.3, -0.25) is 29.4 Å². The number of amides is 3. The van der Waals surface area contributed by atoms with Crippen LogP contribution in [0.5, 0.6) is 0 Å². The molecule has 1 N–H and O–H groups in total. The summed E-state index contributed by atoms with van der Waals surface area (Å²) in [7, 11) is 0. The van der Waals surface area contributed by atoms with Gasteiger partial charge in [-0.05, 0) is 32.4 Å². The van der Waals surface area contributed by atoms with Crippen molar-refractivity contribution in [2.45, 2.75) is 20.8 Å². The van der Waals surface area contributed by atoms with Crippen LogP contribution in [0.1, 0.15) is 48.4 Å². The van der Waals surface area contributed by atoms with Crippen molar-refractivity contribution < 1.29 is 28.8 Å². The molecule has 0 bridgehead atoms. The van der Waals surface area contributed by atoms with Crippen molar-refractivity contribution in [2.24, 2.45) is 0 Å². The minimum atomic E-state index is -0.915. The highest BCUT2D eigenvalue weighted by atomic mass is 32.1. The van der Waals surface area contributed by atoms with Gasteiger partial charge in [0, 0.05) is 10.9 Å². The van der Waals surface area contributed by atoms with Gasteiger partial charge >= 0.3 is 5.97 Å². The molecule has 0 unspecified atom stereocenters. The molecular weight excluding hydrogens is 414 g/mol. The zero-order valence-electron chi connectivity index (χ0n) is 16.3. The van der Waals surface area contributed by atoms with Gasteiger partial charge in [0.25, 0.3) is 17.5 Å². The first kappa shape index (κ1) is 21.1. The predicted molar refractivity (Wildman–Crippen MR) is 107 cm³/mol. The summed E-state index contributed by atoms with van der Waals surface area (Å²) in [6, 6.07) is 3.72. The Labute approximate surface area is 174 Å². The molecule has 1 aromatic heterocycles. The van der Waals surface area contributed by atoms with Crippen molar-refractivity contribution in [1.82, 2.24) is 4.90 Å². The maximum absolute atomic E-state index is 12.6. The van der Waals surface area contributed by atoms with Crippen LogP contribution < -0.4 is 5.32 Å². The summed E-state index contributed by atoms with van der Waals surface area (Å²) in [5.74, 6) is -3.02. The fourth-order valence-corrected chi connectivity index (χ4v) is 4.15. The van der Waals surface area contributed by atoms with Crippen LogP contribution in [0.4, 0.5) is 10.7 Å². The third-order valence-corrected chi connectivity index (χ3v) is 5.72. The summed E-state index contributed by atoms with van der Waals surface area (Å²) in [5, 5.41) is 14.0. The van der Waals surface area contributed by atoms with Gasteiger partial charge in [-0.25, -0.2) is 4.79 Å². The average Bonchev–Trinajstić information content (AvgIpc) is 3.10. The second kappa shape index (κ2) is 8.03. The lowest BCUT2D eigenvalue weighted by molar-refractivity contribution is -0.385. The number of benzene rings is 1. The Bertz CT molecular complexity index is 1110. The fraction of sp³-hybridized carbons (Fsp3) is 0.263. The second-order valence-electron chi connectivity index (χ2n) is 6.41. The number of aryl methyl sites for hydroxylation is 1. The lowest BCUT2D eigenvalue weighted by atomic mass is 10.1. The molecule has 3 amide bonds. The normalized spacial score (nSPS) is 12.7. The highest BCUT2D eigenvalue weighted by molar-refractivity contribution is 7.16. The number of nitrogens with one attached hydrogen (secondary N) is 1. The van der Waals surface area contributed by atoms with Crippen LogP contribution >= 0.6 is 11.3 Å². The van der Waals surface area contributed by atoms with E-state index in [4.69, 9.17) is 4.74 Å². The topological polar surface area (TPSA) is 136 Å². The highest BCUT2D eigenvalue weighted by Gasteiger charge is 2.41. The SMILES string of the molecule is CCOC(=O)c1c(NC(=O)CN2C(=O)c3cccc([N+](=O)[O-])c3C2=O)sc(C)c1C. The predicted octanol–water partition coefficient (Wildman–Crippen LogP) is 2.68. The van der Waals surface area contributed by atoms with Gasteiger partial charge < -0.3 is 10.1 Å². The number of hydrogen-bond donors (Lipinski definition) is 1. The number of hydrogen-bond acceptors (Lipinski definition) is 8. The molecule has 2 heterocycles. The molecule has 0 spiro atoms. The number of esters is 1. The zero-order valence-corrected chi connectivity index (χ0v) is 17.1. The molecule has 1 aromatic carbocycles. The van der Waals surface area contributed by atoms with E-state index in [1.54, 1.807) is 20.8 Å². The summed E-state index contributed by atoms with van der Waals surface area (Å²) >= 11 is 1.17. The summed E-state index contributed by atoms with van der Waals surface area (Å²) in [6.45, 7) is 4.67. The molecule has 3 rings (SSSR count). The van der Waals surface area contributed by atoms with Crippen LogP contribution in [-0.2, 0) is 9.53 Å². The van der Waals surface area contributed by atoms with E-state index in [0.717, 1.165) is 10.9 Å². The second-order valence-corrected chi connectivity index (χ2v) is 7.63. The Morgan fingerprint density at radius 1 is 1.23 bits per heavy atom. The number of ether oxygens (including phenoxy) is 1. The van der Waals surface area contributed by atoms with E-state index < -0.39 is 40.8 Å². The van der Waals surface area contributed by atoms with Crippen molar-refractivity contribution in [1.29, 1.82) is 0 Å². The molecule has 0 fully saturated rings. The molecule has 30 heavy (non-hydrogen) atoms. The number of nitro groups is 1. The maximum Gasteiger partial charge on any atom is 0.341 e. The first-order valence-corrected chi connectivity index (χ1v) is 9.69. The van der Waals surface area contributed by atoms with Gasteiger partial charge in [-0.2, -0.15) is 0 Å². The Balaban J connectivity index is 1.83. The van der Waals surface area contributed by atoms with Gasteiger partial charge in [0.2, 0.25) is 5.91 Å². The van der Waals surface area contributed by atoms with Crippen molar-refractivity contribution in [3.05, 3.63) is 55.4 Å². The molecule has 0 saturated heterocycles. The van der Waals surface area contributed by atoms with E-state index in [-0.39, 0.29) is 28.3 Å². The van der Waals surface area contributed by atoms with E-state index in [9.17, 15) is 29.3 Å². The highest BCUT2D eigenvalue weighted by Crippen LogP contribution is 2.34. The number of carbonyl (C=O) groups excluding carboxylic acids is 4. The number of nitrogens with zero attached hydrogens (tertiary/aromatic N) is 2. The molecule has 11 heteroatoms. The minimum absolute atomic E-state index is 0.128. The van der Waals surface area contributed by atoms with Crippen molar-refractivity contribution in [2.75, 3.05) is 18.5 Å². The summed E-state index contributed by atoms with van der Waals surface area (Å²) in [4.78, 5) is 61.7. The molecule has 2 aromatic rings. The van der Waals surface area contributed by atoms with Crippen LogP contribution in [0.2, 0.25) is 0 Å². The standard InChI is InChI=1S/C19H17N3O7S/c1-4-29-19(26)14-9(2)10(3)30-16(14)20-13(23)8-21-17(24)11-6-5-7-12(22(27)28)15(11)18(21)25/h5-7H,4,8H2,1-3H3,(H,20,23). The molecule has 156 valence electrons. The smallest absolute Gasteiger partial charge is 0.341 e. The summed E-state index contributed by atoms with van der Waals surface area (Å²) in [5.41, 5.74) is -0.0917. The third-order valence-electron chi connectivity index (χ3n) is 4.59. The van der Waals surface area contributed by atoms with Crippen LogP contribution in [-0.4, -0.2) is 46.7 Å². The number of nitro benzene ring substituents is 1. The lowest BCUT2D eigenvalue weighted by Gasteiger charge is -2.13. The largest absolute Gasteiger partial charge is 0.462 e. The number of fused-ring (bicyclic) bond motifs is 1. The molecule has 0 atom stereocenters. The van der Waals surface area contributed by atoms with Crippen molar-refractivity contribution >= 4 is 45.7 Å². The zero-order chi connectivity index (χ0) is 22.2. The van der Waals surface area contributed by atoms with Gasteiger partial charge in [0.15, 0.2) is 0 Å². The number of thiophene rings is 1. The van der Waals surface area contributed by atoms with E-state index in [2.05, 4.69) is 5.32 Å². The maximum atomic E-state index is 12.6. The van der Waals surface area contributed by atoms with Gasteiger partial charge in [0.05, 0.1) is 22.7 Å². The van der Waals surface area contributed by atoms with Crippen LogP contribution in [0.25, 0.3) is 0 Å². The monoisotopic (exact) mass is 431 g/mol. The minimum Gasteiger partial charge on any atom is -0.462 e. The summed E-state index contributed by atoms with van der Waals surface area (Å²) < 4.78 is 5.02.